The Morgan fingerprint density at radius 3 is 2.55 bits per heavy atom. The van der Waals surface area contributed by atoms with Crippen LogP contribution in [0.15, 0.2) is 67.0 Å². The first-order valence-electron chi connectivity index (χ1n) is 11.0. The highest BCUT2D eigenvalue weighted by atomic mass is 16.5. The van der Waals surface area contributed by atoms with E-state index in [1.807, 2.05) is 59.5 Å². The van der Waals surface area contributed by atoms with Crippen LogP contribution in [-0.4, -0.2) is 47.3 Å². The molecule has 2 aromatic carbocycles. The van der Waals surface area contributed by atoms with Gasteiger partial charge in [0.05, 0.1) is 25.0 Å². The summed E-state index contributed by atoms with van der Waals surface area (Å²) in [5.74, 6) is 0.925. The number of aryl methyl sites for hydroxylation is 1. The molecule has 6 heteroatoms. The van der Waals surface area contributed by atoms with Gasteiger partial charge >= 0.3 is 0 Å². The molecular weight excluding hydrogens is 388 g/mol. The summed E-state index contributed by atoms with van der Waals surface area (Å²) in [4.78, 5) is 15.0. The number of benzene rings is 2. The van der Waals surface area contributed by atoms with Crippen LogP contribution in [0.4, 0.5) is 0 Å². The number of amides is 1. The second kappa shape index (κ2) is 10.3. The second-order valence-electron chi connectivity index (χ2n) is 7.96. The number of carbonyl (C=O) groups is 1. The van der Waals surface area contributed by atoms with Gasteiger partial charge in [-0.15, -0.1) is 0 Å². The molecule has 1 aromatic heterocycles. The number of likely N-dealkylation sites (tertiary alicyclic amines) is 1. The van der Waals surface area contributed by atoms with Crippen molar-refractivity contribution in [3.63, 3.8) is 0 Å². The number of nitrogens with one attached hydrogen (secondary N) is 1. The maximum Gasteiger partial charge on any atom is 0.220 e. The fourth-order valence-corrected chi connectivity index (χ4v) is 4.10. The van der Waals surface area contributed by atoms with Crippen molar-refractivity contribution in [2.75, 3.05) is 26.7 Å². The van der Waals surface area contributed by atoms with Crippen LogP contribution >= 0.6 is 0 Å². The van der Waals surface area contributed by atoms with E-state index < -0.39 is 0 Å². The Kier molecular flexibility index (Phi) is 6.99. The largest absolute Gasteiger partial charge is 0.497 e. The lowest BCUT2D eigenvalue weighted by atomic mass is 10.0. The van der Waals surface area contributed by atoms with Crippen molar-refractivity contribution < 1.29 is 9.53 Å². The van der Waals surface area contributed by atoms with E-state index in [1.165, 1.54) is 18.4 Å². The Hall–Kier alpha value is -3.12. The average Bonchev–Trinajstić information content (AvgIpc) is 3.51. The highest BCUT2D eigenvalue weighted by Crippen LogP contribution is 2.26. The quantitative estimate of drug-likeness (QED) is 0.575. The molecule has 1 amide bonds. The SMILES string of the molecule is COc1ccc(C(CNC(=O)CCc2cnn(-c3ccccc3)c2)N2CCCC2)cc1. The van der Waals surface area contributed by atoms with Crippen molar-refractivity contribution in [1.29, 1.82) is 0 Å². The number of para-hydroxylation sites is 1. The molecule has 1 unspecified atom stereocenters. The third-order valence-electron chi connectivity index (χ3n) is 5.87. The topological polar surface area (TPSA) is 59.4 Å². The number of methoxy groups -OCH3 is 1. The molecule has 4 rings (SSSR count). The van der Waals surface area contributed by atoms with Crippen molar-refractivity contribution in [2.45, 2.75) is 31.7 Å². The van der Waals surface area contributed by atoms with Gasteiger partial charge in [0.1, 0.15) is 5.75 Å². The van der Waals surface area contributed by atoms with Crippen LogP contribution in [0.25, 0.3) is 5.69 Å². The molecule has 1 aliphatic rings. The number of ether oxygens (including phenoxy) is 1. The summed E-state index contributed by atoms with van der Waals surface area (Å²) < 4.78 is 7.13. The lowest BCUT2D eigenvalue weighted by Gasteiger charge is -2.28. The standard InChI is InChI=1S/C25H30N4O2/c1-31-23-12-10-21(11-13-23)24(28-15-5-6-16-28)18-26-25(30)14-9-20-17-27-29(19-20)22-7-3-2-4-8-22/h2-4,7-8,10-13,17,19,24H,5-6,9,14-16,18H2,1H3,(H,26,30). The molecule has 1 aliphatic heterocycles. The highest BCUT2D eigenvalue weighted by Gasteiger charge is 2.24. The molecule has 0 spiro atoms. The van der Waals surface area contributed by atoms with E-state index in [0.717, 1.165) is 30.1 Å². The summed E-state index contributed by atoms with van der Waals surface area (Å²) in [5, 5.41) is 7.57. The summed E-state index contributed by atoms with van der Waals surface area (Å²) in [7, 11) is 1.68. The van der Waals surface area contributed by atoms with E-state index in [0.29, 0.717) is 19.4 Å². The van der Waals surface area contributed by atoms with E-state index in [2.05, 4.69) is 27.4 Å². The zero-order chi connectivity index (χ0) is 21.5. The minimum Gasteiger partial charge on any atom is -0.497 e. The van der Waals surface area contributed by atoms with Gasteiger partial charge in [-0.2, -0.15) is 5.10 Å². The Morgan fingerprint density at radius 1 is 1.10 bits per heavy atom. The van der Waals surface area contributed by atoms with Gasteiger partial charge in [-0.1, -0.05) is 30.3 Å². The van der Waals surface area contributed by atoms with Gasteiger partial charge in [0.2, 0.25) is 5.91 Å². The smallest absolute Gasteiger partial charge is 0.220 e. The number of carbonyl (C=O) groups excluding carboxylic acids is 1. The van der Waals surface area contributed by atoms with Crippen LogP contribution in [0.1, 0.15) is 36.4 Å². The molecular formula is C25H30N4O2. The minimum atomic E-state index is 0.0742. The normalized spacial score (nSPS) is 15.0. The Morgan fingerprint density at radius 2 is 1.84 bits per heavy atom. The average molecular weight is 419 g/mol. The maximum absolute atomic E-state index is 12.6. The first kappa shape index (κ1) is 21.1. The number of hydrogen-bond acceptors (Lipinski definition) is 4. The minimum absolute atomic E-state index is 0.0742. The van der Waals surface area contributed by atoms with Crippen molar-refractivity contribution in [3.05, 3.63) is 78.1 Å². The molecule has 2 heterocycles. The molecule has 0 aliphatic carbocycles. The van der Waals surface area contributed by atoms with Gasteiger partial charge in [0.25, 0.3) is 0 Å². The molecule has 1 N–H and O–H groups in total. The van der Waals surface area contributed by atoms with E-state index in [-0.39, 0.29) is 11.9 Å². The molecule has 0 bridgehead atoms. The van der Waals surface area contributed by atoms with Gasteiger partial charge < -0.3 is 10.1 Å². The Bertz CT molecular complexity index is 963. The van der Waals surface area contributed by atoms with Crippen molar-refractivity contribution in [3.8, 4) is 11.4 Å². The Balaban J connectivity index is 1.32. The second-order valence-corrected chi connectivity index (χ2v) is 7.96. The molecule has 162 valence electrons. The monoisotopic (exact) mass is 418 g/mol. The third kappa shape index (κ3) is 5.52. The summed E-state index contributed by atoms with van der Waals surface area (Å²) in [6, 6.07) is 18.4. The van der Waals surface area contributed by atoms with Gasteiger partial charge in [-0.05, 0) is 67.7 Å². The van der Waals surface area contributed by atoms with Crippen molar-refractivity contribution in [2.24, 2.45) is 0 Å². The number of aromatic nitrogens is 2. The molecule has 3 aromatic rings. The summed E-state index contributed by atoms with van der Waals surface area (Å²) >= 11 is 0. The van der Waals surface area contributed by atoms with Crippen molar-refractivity contribution in [1.82, 2.24) is 20.0 Å². The summed E-state index contributed by atoms with van der Waals surface area (Å²) in [5.41, 5.74) is 3.29. The van der Waals surface area contributed by atoms with Crippen molar-refractivity contribution >= 4 is 5.91 Å². The number of hydrogen-bond donors (Lipinski definition) is 1. The van der Waals surface area contributed by atoms with Crippen LogP contribution in [0.2, 0.25) is 0 Å². The van der Waals surface area contributed by atoms with E-state index in [9.17, 15) is 4.79 Å². The highest BCUT2D eigenvalue weighted by molar-refractivity contribution is 5.76. The lowest BCUT2D eigenvalue weighted by molar-refractivity contribution is -0.121. The van der Waals surface area contributed by atoms with Crippen LogP contribution in [-0.2, 0) is 11.2 Å². The van der Waals surface area contributed by atoms with Crippen LogP contribution in [0.3, 0.4) is 0 Å². The van der Waals surface area contributed by atoms with Gasteiger partial charge in [-0.25, -0.2) is 4.68 Å². The molecule has 1 fully saturated rings. The zero-order valence-corrected chi connectivity index (χ0v) is 18.0. The first-order valence-corrected chi connectivity index (χ1v) is 11.0. The molecule has 1 saturated heterocycles. The van der Waals surface area contributed by atoms with Gasteiger partial charge in [0, 0.05) is 19.2 Å². The Labute approximate surface area is 183 Å². The predicted octanol–water partition coefficient (Wildman–Crippen LogP) is 3.77. The van der Waals surface area contributed by atoms with E-state index in [4.69, 9.17) is 4.74 Å². The maximum atomic E-state index is 12.6. The first-order chi connectivity index (χ1) is 15.2. The number of rotatable bonds is 9. The number of nitrogens with zero attached hydrogens (tertiary/aromatic N) is 3. The fraction of sp³-hybridized carbons (Fsp3) is 0.360. The zero-order valence-electron chi connectivity index (χ0n) is 18.0. The molecule has 1 atom stereocenters. The molecule has 0 saturated carbocycles. The molecule has 31 heavy (non-hydrogen) atoms. The van der Waals surface area contributed by atoms with Crippen LogP contribution in [0.5, 0.6) is 5.75 Å². The van der Waals surface area contributed by atoms with Crippen LogP contribution < -0.4 is 10.1 Å². The predicted molar refractivity (Wildman–Crippen MR) is 121 cm³/mol. The molecule has 0 radical (unpaired) electrons. The van der Waals surface area contributed by atoms with Crippen LogP contribution in [0, 0.1) is 0 Å². The van der Waals surface area contributed by atoms with Gasteiger partial charge in [0.15, 0.2) is 0 Å². The summed E-state index contributed by atoms with van der Waals surface area (Å²) in [6.07, 6.45) is 7.39. The fourth-order valence-electron chi connectivity index (χ4n) is 4.10. The van der Waals surface area contributed by atoms with Gasteiger partial charge in [-0.3, -0.25) is 9.69 Å². The van der Waals surface area contributed by atoms with E-state index in [1.54, 1.807) is 7.11 Å². The summed E-state index contributed by atoms with van der Waals surface area (Å²) in [6.45, 7) is 2.77. The lowest BCUT2D eigenvalue weighted by Crippen LogP contribution is -2.36. The van der Waals surface area contributed by atoms with E-state index >= 15 is 0 Å². The molecule has 6 nitrogen and oxygen atoms in total. The third-order valence-corrected chi connectivity index (χ3v) is 5.87.